The van der Waals surface area contributed by atoms with E-state index < -0.39 is 24.3 Å². The third-order valence-electron chi connectivity index (χ3n) is 6.83. The Hall–Kier alpha value is -1.68. The summed E-state index contributed by atoms with van der Waals surface area (Å²) >= 11 is 0. The Morgan fingerprint density at radius 2 is 1.68 bits per heavy atom. The van der Waals surface area contributed by atoms with Gasteiger partial charge >= 0.3 is 13.1 Å². The zero-order chi connectivity index (χ0) is 23.0. The third-order valence-corrected chi connectivity index (χ3v) is 6.83. The van der Waals surface area contributed by atoms with Gasteiger partial charge in [0, 0.05) is 51.5 Å². The highest BCUT2D eigenvalue weighted by molar-refractivity contribution is 6.62. The number of methoxy groups -OCH3 is 1. The van der Waals surface area contributed by atoms with Crippen molar-refractivity contribution in [3.05, 3.63) is 28.2 Å². The molecule has 2 aliphatic rings. The number of carbonyl (C=O) groups is 1. The highest BCUT2D eigenvalue weighted by Crippen LogP contribution is 2.36. The molecule has 0 atom stereocenters. The molecular formula is C22H36BN3O5. The van der Waals surface area contributed by atoms with Crippen LogP contribution in [0.3, 0.4) is 0 Å². The molecule has 0 unspecified atom stereocenters. The van der Waals surface area contributed by atoms with Crippen molar-refractivity contribution in [2.75, 3.05) is 39.8 Å². The highest BCUT2D eigenvalue weighted by Gasteiger charge is 2.52. The van der Waals surface area contributed by atoms with Crippen LogP contribution in [0.4, 0.5) is 0 Å². The lowest BCUT2D eigenvalue weighted by Crippen LogP contribution is -2.50. The molecular weight excluding hydrogens is 397 g/mol. The normalized spacial score (nSPS) is 21.6. The second-order valence-electron chi connectivity index (χ2n) is 9.74. The van der Waals surface area contributed by atoms with E-state index in [1.54, 1.807) is 10.8 Å². The summed E-state index contributed by atoms with van der Waals surface area (Å²) in [5.74, 6) is -0.650. The van der Waals surface area contributed by atoms with Crippen molar-refractivity contribution < 1.29 is 18.8 Å². The minimum absolute atomic E-state index is 0.000612. The van der Waals surface area contributed by atoms with Gasteiger partial charge in [-0.3, -0.25) is 14.6 Å². The highest BCUT2D eigenvalue weighted by atomic mass is 16.7. The number of piperazine rings is 1. The molecule has 172 valence electrons. The van der Waals surface area contributed by atoms with Crippen molar-refractivity contribution in [2.24, 2.45) is 0 Å². The molecule has 3 rings (SSSR count). The minimum Gasteiger partial charge on any atom is -0.465 e. The quantitative estimate of drug-likeness (QED) is 0.489. The number of pyridine rings is 1. The first kappa shape index (κ1) is 24.0. The van der Waals surface area contributed by atoms with Crippen molar-refractivity contribution in [2.45, 2.75) is 65.3 Å². The monoisotopic (exact) mass is 433 g/mol. The number of hydrogen-bond donors (Lipinski definition) is 0. The molecule has 1 aromatic heterocycles. The SMILES string of the molecule is COC(=O)c1cc(B2OC(C)(C)C(C)(C)O2)cn(CCN2CCN(C(C)C)CC2)c1=O. The van der Waals surface area contributed by atoms with E-state index in [1.807, 2.05) is 27.7 Å². The molecule has 0 saturated carbocycles. The Labute approximate surface area is 185 Å². The van der Waals surface area contributed by atoms with Gasteiger partial charge in [0.2, 0.25) is 0 Å². The first-order valence-corrected chi connectivity index (χ1v) is 11.1. The van der Waals surface area contributed by atoms with Gasteiger partial charge in [-0.1, -0.05) is 0 Å². The molecule has 0 radical (unpaired) electrons. The predicted molar refractivity (Wildman–Crippen MR) is 121 cm³/mol. The summed E-state index contributed by atoms with van der Waals surface area (Å²) in [4.78, 5) is 30.0. The van der Waals surface area contributed by atoms with E-state index in [9.17, 15) is 9.59 Å². The van der Waals surface area contributed by atoms with Crippen molar-refractivity contribution in [3.8, 4) is 0 Å². The molecule has 0 bridgehead atoms. The van der Waals surface area contributed by atoms with E-state index in [0.29, 0.717) is 18.0 Å². The van der Waals surface area contributed by atoms with Crippen LogP contribution in [0.15, 0.2) is 17.1 Å². The fourth-order valence-electron chi connectivity index (χ4n) is 3.94. The largest absolute Gasteiger partial charge is 0.496 e. The van der Waals surface area contributed by atoms with E-state index >= 15 is 0 Å². The molecule has 0 aliphatic carbocycles. The van der Waals surface area contributed by atoms with E-state index in [-0.39, 0.29) is 11.1 Å². The first-order valence-electron chi connectivity index (χ1n) is 11.1. The van der Waals surface area contributed by atoms with Crippen molar-refractivity contribution in [1.82, 2.24) is 14.4 Å². The number of nitrogens with zero attached hydrogens (tertiary/aromatic N) is 3. The maximum absolute atomic E-state index is 13.0. The summed E-state index contributed by atoms with van der Waals surface area (Å²) in [5, 5.41) is 0. The lowest BCUT2D eigenvalue weighted by molar-refractivity contribution is 0.00578. The molecule has 0 spiro atoms. The third kappa shape index (κ3) is 5.05. The van der Waals surface area contributed by atoms with Gasteiger partial charge in [0.25, 0.3) is 5.56 Å². The zero-order valence-corrected chi connectivity index (χ0v) is 19.9. The number of aromatic nitrogens is 1. The summed E-state index contributed by atoms with van der Waals surface area (Å²) < 4.78 is 18.7. The van der Waals surface area contributed by atoms with Crippen molar-refractivity contribution >= 4 is 18.6 Å². The molecule has 0 N–H and O–H groups in total. The Balaban J connectivity index is 1.81. The number of rotatable bonds is 6. The fraction of sp³-hybridized carbons (Fsp3) is 0.727. The van der Waals surface area contributed by atoms with E-state index in [0.717, 1.165) is 32.7 Å². The average Bonchev–Trinajstić information content (AvgIpc) is 2.94. The Bertz CT molecular complexity index is 843. The lowest BCUT2D eigenvalue weighted by atomic mass is 9.79. The van der Waals surface area contributed by atoms with Gasteiger partial charge in [0.05, 0.1) is 18.3 Å². The summed E-state index contributed by atoms with van der Waals surface area (Å²) in [6.07, 6.45) is 1.75. The number of esters is 1. The van der Waals surface area contributed by atoms with Crippen molar-refractivity contribution in [3.63, 3.8) is 0 Å². The molecule has 2 saturated heterocycles. The molecule has 1 aromatic rings. The summed E-state index contributed by atoms with van der Waals surface area (Å²) in [5.41, 5.74) is -0.740. The smallest absolute Gasteiger partial charge is 0.465 e. The maximum Gasteiger partial charge on any atom is 0.496 e. The van der Waals surface area contributed by atoms with Crippen LogP contribution in [0.25, 0.3) is 0 Å². The van der Waals surface area contributed by atoms with Gasteiger partial charge in [-0.05, 0) is 53.1 Å². The average molecular weight is 433 g/mol. The van der Waals surface area contributed by atoms with Crippen LogP contribution in [0, 0.1) is 0 Å². The van der Waals surface area contributed by atoms with Crippen LogP contribution in [0.2, 0.25) is 0 Å². The standard InChI is InChI=1S/C22H36BN3O5/c1-16(2)25-11-8-24(9-12-25)10-13-26-15-17(14-18(19(26)27)20(28)29-7)23-30-21(3,4)22(5,6)31-23/h14-16H,8-13H2,1-7H3. The molecule has 9 heteroatoms. The van der Waals surface area contributed by atoms with E-state index in [1.165, 1.54) is 13.2 Å². The van der Waals surface area contributed by atoms with Crippen LogP contribution in [-0.2, 0) is 20.6 Å². The molecule has 2 aliphatic heterocycles. The van der Waals surface area contributed by atoms with Crippen LogP contribution in [0.5, 0.6) is 0 Å². The summed E-state index contributed by atoms with van der Waals surface area (Å²) in [7, 11) is 0.622. The Kier molecular flexibility index (Phi) is 7.00. The minimum atomic E-state index is -0.658. The van der Waals surface area contributed by atoms with Gasteiger partial charge < -0.3 is 18.6 Å². The Morgan fingerprint density at radius 1 is 1.10 bits per heavy atom. The van der Waals surface area contributed by atoms with Gasteiger partial charge in [-0.15, -0.1) is 0 Å². The molecule has 2 fully saturated rings. The molecule has 3 heterocycles. The van der Waals surface area contributed by atoms with Crippen molar-refractivity contribution in [1.29, 1.82) is 0 Å². The zero-order valence-electron chi connectivity index (χ0n) is 19.9. The molecule has 0 aromatic carbocycles. The maximum atomic E-state index is 13.0. The van der Waals surface area contributed by atoms with Gasteiger partial charge in [-0.2, -0.15) is 0 Å². The van der Waals surface area contributed by atoms with Gasteiger partial charge in [-0.25, -0.2) is 4.79 Å². The second kappa shape index (κ2) is 9.06. The van der Waals surface area contributed by atoms with Crippen LogP contribution in [0.1, 0.15) is 51.9 Å². The Morgan fingerprint density at radius 3 is 2.19 bits per heavy atom. The first-order chi connectivity index (χ1) is 14.4. The fourth-order valence-corrected chi connectivity index (χ4v) is 3.94. The van der Waals surface area contributed by atoms with Crippen LogP contribution < -0.4 is 11.0 Å². The molecule has 31 heavy (non-hydrogen) atoms. The number of ether oxygens (including phenoxy) is 1. The predicted octanol–water partition coefficient (Wildman–Crippen LogP) is 0.960. The topological polar surface area (TPSA) is 73.2 Å². The number of hydrogen-bond acceptors (Lipinski definition) is 7. The summed E-state index contributed by atoms with van der Waals surface area (Å²) in [6.45, 7) is 17.5. The molecule has 0 amide bonds. The van der Waals surface area contributed by atoms with Gasteiger partial charge in [0.1, 0.15) is 5.56 Å². The second-order valence-corrected chi connectivity index (χ2v) is 9.74. The number of carbonyl (C=O) groups excluding carboxylic acids is 1. The van der Waals surface area contributed by atoms with Crippen LogP contribution in [-0.4, -0.2) is 84.5 Å². The van der Waals surface area contributed by atoms with Crippen LogP contribution >= 0.6 is 0 Å². The van der Waals surface area contributed by atoms with E-state index in [4.69, 9.17) is 14.0 Å². The summed E-state index contributed by atoms with van der Waals surface area (Å²) in [6, 6.07) is 2.08. The van der Waals surface area contributed by atoms with E-state index in [2.05, 4.69) is 23.6 Å². The lowest BCUT2D eigenvalue weighted by Gasteiger charge is -2.37. The van der Waals surface area contributed by atoms with Gasteiger partial charge in [0.15, 0.2) is 0 Å². The molecule has 8 nitrogen and oxygen atoms in total.